The average molecular weight is 350 g/mol. The van der Waals surface area contributed by atoms with Gasteiger partial charge in [-0.15, -0.1) is 12.3 Å². The Balaban J connectivity index is 1.52. The summed E-state index contributed by atoms with van der Waals surface area (Å²) in [6.45, 7) is 4.17. The Bertz CT molecular complexity index is 788. The van der Waals surface area contributed by atoms with Gasteiger partial charge in [-0.1, -0.05) is 17.7 Å². The van der Waals surface area contributed by atoms with E-state index in [1.165, 1.54) is 11.1 Å². The number of benzene rings is 1. The lowest BCUT2D eigenvalue weighted by atomic mass is 9.88. The Labute approximate surface area is 155 Å². The van der Waals surface area contributed by atoms with Gasteiger partial charge in [0.15, 0.2) is 5.66 Å². The van der Waals surface area contributed by atoms with E-state index in [9.17, 15) is 4.79 Å². The van der Waals surface area contributed by atoms with Crippen LogP contribution in [0.3, 0.4) is 0 Å². The second kappa shape index (κ2) is 6.51. The van der Waals surface area contributed by atoms with E-state index in [1.807, 2.05) is 0 Å². The lowest BCUT2D eigenvalue weighted by Gasteiger charge is -2.36. The summed E-state index contributed by atoms with van der Waals surface area (Å²) in [7, 11) is 2.17. The Morgan fingerprint density at radius 1 is 1.38 bits per heavy atom. The number of hydrogen-bond acceptors (Lipinski definition) is 4. The van der Waals surface area contributed by atoms with Crippen molar-refractivity contribution in [3.05, 3.63) is 29.3 Å². The van der Waals surface area contributed by atoms with Crippen LogP contribution in [0.4, 0.5) is 5.69 Å². The van der Waals surface area contributed by atoms with E-state index in [0.29, 0.717) is 25.2 Å². The molecule has 5 heteroatoms. The minimum absolute atomic E-state index is 0.199. The number of nitrogens with zero attached hydrogens (tertiary/aromatic N) is 4. The zero-order valence-corrected chi connectivity index (χ0v) is 15.6. The average Bonchev–Trinajstić information content (AvgIpc) is 3.34. The molecular formula is C21H26N4O. The van der Waals surface area contributed by atoms with Crippen LogP contribution in [0.25, 0.3) is 0 Å². The zero-order valence-electron chi connectivity index (χ0n) is 15.6. The maximum atomic E-state index is 13.2. The van der Waals surface area contributed by atoms with E-state index in [2.05, 4.69) is 58.1 Å². The van der Waals surface area contributed by atoms with Gasteiger partial charge in [0.25, 0.3) is 0 Å². The molecule has 3 heterocycles. The lowest BCUT2D eigenvalue weighted by Crippen LogP contribution is -2.47. The zero-order chi connectivity index (χ0) is 18.3. The molecule has 0 unspecified atom stereocenters. The largest absolute Gasteiger partial charge is 0.308 e. The minimum Gasteiger partial charge on any atom is -0.308 e. The molecule has 3 aliphatic rings. The van der Waals surface area contributed by atoms with Gasteiger partial charge in [-0.3, -0.25) is 4.79 Å². The summed E-state index contributed by atoms with van der Waals surface area (Å²) in [5.74, 6) is 3.26. The van der Waals surface area contributed by atoms with E-state index < -0.39 is 0 Å². The number of terminal acetylenes is 1. The van der Waals surface area contributed by atoms with Crippen molar-refractivity contribution in [3.63, 3.8) is 0 Å². The number of rotatable bonds is 5. The van der Waals surface area contributed by atoms with Crippen molar-refractivity contribution in [2.24, 2.45) is 10.2 Å². The van der Waals surface area contributed by atoms with Crippen LogP contribution in [-0.4, -0.2) is 42.6 Å². The van der Waals surface area contributed by atoms with Crippen LogP contribution in [0.5, 0.6) is 0 Å². The summed E-state index contributed by atoms with van der Waals surface area (Å²) in [6.07, 6.45) is 8.94. The maximum absolute atomic E-state index is 13.2. The molecule has 0 saturated carbocycles. The maximum Gasteiger partial charge on any atom is 0.227 e. The lowest BCUT2D eigenvalue weighted by molar-refractivity contribution is -0.119. The van der Waals surface area contributed by atoms with Crippen LogP contribution in [0.2, 0.25) is 0 Å². The molecule has 1 aromatic carbocycles. The number of carbonyl (C=O) groups excluding carboxylic acids is 1. The summed E-state index contributed by atoms with van der Waals surface area (Å²) in [4.78, 5) is 17.6. The van der Waals surface area contributed by atoms with E-state index in [0.717, 1.165) is 31.6 Å². The molecule has 0 bridgehead atoms. The Morgan fingerprint density at radius 3 is 2.92 bits per heavy atom. The van der Waals surface area contributed by atoms with Gasteiger partial charge in [-0.25, -0.2) is 0 Å². The third kappa shape index (κ3) is 3.03. The third-order valence-electron chi connectivity index (χ3n) is 6.01. The van der Waals surface area contributed by atoms with Crippen LogP contribution < -0.4 is 4.90 Å². The number of carbonyl (C=O) groups is 1. The number of fused-ring (bicyclic) bond motifs is 3. The molecule has 1 fully saturated rings. The molecule has 3 aliphatic heterocycles. The van der Waals surface area contributed by atoms with Crippen molar-refractivity contribution in [2.75, 3.05) is 25.0 Å². The molecule has 5 nitrogen and oxygen atoms in total. The molecule has 0 aliphatic carbocycles. The first-order valence-electron chi connectivity index (χ1n) is 9.52. The van der Waals surface area contributed by atoms with Crippen molar-refractivity contribution in [2.45, 2.75) is 56.7 Å². The van der Waals surface area contributed by atoms with Gasteiger partial charge < -0.3 is 9.80 Å². The van der Waals surface area contributed by atoms with Gasteiger partial charge in [-0.2, -0.15) is 10.2 Å². The summed E-state index contributed by atoms with van der Waals surface area (Å²) in [6, 6.07) is 6.78. The summed E-state index contributed by atoms with van der Waals surface area (Å²) < 4.78 is 0. The van der Waals surface area contributed by atoms with E-state index in [-0.39, 0.29) is 17.6 Å². The summed E-state index contributed by atoms with van der Waals surface area (Å²) >= 11 is 0. The Kier molecular flexibility index (Phi) is 4.32. The van der Waals surface area contributed by atoms with Crippen LogP contribution in [-0.2, 0) is 4.79 Å². The highest BCUT2D eigenvalue weighted by Crippen LogP contribution is 2.46. The number of amides is 1. The molecule has 4 rings (SSSR count). The molecule has 2 atom stereocenters. The molecule has 136 valence electrons. The number of likely N-dealkylation sites (tertiary alicyclic amines) is 1. The van der Waals surface area contributed by atoms with Crippen LogP contribution in [0.15, 0.2) is 28.4 Å². The highest BCUT2D eigenvalue weighted by atomic mass is 16.2. The first-order chi connectivity index (χ1) is 12.5. The fourth-order valence-corrected chi connectivity index (χ4v) is 4.50. The smallest absolute Gasteiger partial charge is 0.227 e. The first kappa shape index (κ1) is 17.2. The van der Waals surface area contributed by atoms with Gasteiger partial charge in [0.1, 0.15) is 0 Å². The molecule has 0 N–H and O–H groups in total. The molecule has 1 saturated heterocycles. The third-order valence-corrected chi connectivity index (χ3v) is 6.01. The quantitative estimate of drug-likeness (QED) is 0.763. The number of likely N-dealkylation sites (N-methyl/N-ethyl adjacent to an activating group) is 1. The normalized spacial score (nSPS) is 25.5. The summed E-state index contributed by atoms with van der Waals surface area (Å²) in [5.41, 5.74) is 3.31. The predicted octanol–water partition coefficient (Wildman–Crippen LogP) is 3.49. The van der Waals surface area contributed by atoms with Gasteiger partial charge in [0, 0.05) is 49.9 Å². The van der Waals surface area contributed by atoms with Gasteiger partial charge >= 0.3 is 0 Å². The highest BCUT2D eigenvalue weighted by Gasteiger charge is 2.45. The molecular weight excluding hydrogens is 324 g/mol. The molecule has 26 heavy (non-hydrogen) atoms. The summed E-state index contributed by atoms with van der Waals surface area (Å²) in [5, 5.41) is 8.34. The SMILES string of the molecule is C#CCCC1(CCC(=O)N2c3ccc(C)cc3[C@H]3CN(C)CC[C@H]32)N=N1. The number of hydrogen-bond donors (Lipinski definition) is 0. The number of anilines is 1. The number of piperidine rings is 1. The predicted molar refractivity (Wildman–Crippen MR) is 102 cm³/mol. The Morgan fingerprint density at radius 2 is 2.19 bits per heavy atom. The topological polar surface area (TPSA) is 48.3 Å². The Hall–Kier alpha value is -2.19. The number of aryl methyl sites for hydroxylation is 1. The molecule has 0 spiro atoms. The van der Waals surface area contributed by atoms with E-state index >= 15 is 0 Å². The van der Waals surface area contributed by atoms with Crippen molar-refractivity contribution in [1.82, 2.24) is 4.90 Å². The monoisotopic (exact) mass is 350 g/mol. The fraction of sp³-hybridized carbons (Fsp3) is 0.571. The first-order valence-corrected chi connectivity index (χ1v) is 9.52. The molecule has 1 amide bonds. The van der Waals surface area contributed by atoms with Gasteiger partial charge in [-0.05, 0) is 38.6 Å². The fourth-order valence-electron chi connectivity index (χ4n) is 4.50. The molecule has 1 aromatic rings. The van der Waals surface area contributed by atoms with E-state index in [4.69, 9.17) is 6.42 Å². The van der Waals surface area contributed by atoms with Crippen LogP contribution in [0, 0.1) is 19.3 Å². The molecule has 0 aromatic heterocycles. The minimum atomic E-state index is -0.385. The second-order valence-electron chi connectivity index (χ2n) is 7.94. The highest BCUT2D eigenvalue weighted by molar-refractivity contribution is 5.97. The standard InChI is InChI=1S/C21H26N4O/c1-4-5-10-21(22-23-21)11-8-20(26)25-18-7-6-15(2)13-16(18)17-14-24(3)12-9-19(17)25/h1,6-7,13,17,19H,5,8-12,14H2,2-3H3/t17-,19-/m1/s1. The van der Waals surface area contributed by atoms with Crippen molar-refractivity contribution in [3.8, 4) is 12.3 Å². The van der Waals surface area contributed by atoms with Crippen molar-refractivity contribution in [1.29, 1.82) is 0 Å². The van der Waals surface area contributed by atoms with Crippen molar-refractivity contribution < 1.29 is 4.79 Å². The van der Waals surface area contributed by atoms with Gasteiger partial charge in [0.05, 0.1) is 0 Å². The van der Waals surface area contributed by atoms with E-state index in [1.54, 1.807) is 0 Å². The van der Waals surface area contributed by atoms with Crippen LogP contribution >= 0.6 is 0 Å². The molecule has 0 radical (unpaired) electrons. The van der Waals surface area contributed by atoms with Crippen molar-refractivity contribution >= 4 is 11.6 Å². The second-order valence-corrected chi connectivity index (χ2v) is 7.94. The van der Waals surface area contributed by atoms with Gasteiger partial charge in [0.2, 0.25) is 5.91 Å². The van der Waals surface area contributed by atoms with Crippen LogP contribution in [0.1, 0.15) is 49.1 Å².